The van der Waals surface area contributed by atoms with Gasteiger partial charge in [-0.15, -0.1) is 5.10 Å². The molecular weight excluding hydrogens is 247 g/mol. The van der Waals surface area contributed by atoms with Crippen molar-refractivity contribution in [3.05, 3.63) is 40.1 Å². The topological polar surface area (TPSA) is 56.7 Å². The molecule has 2 N–H and O–H groups in total. The van der Waals surface area contributed by atoms with Gasteiger partial charge in [-0.05, 0) is 19.1 Å². The molecule has 0 amide bonds. The van der Waals surface area contributed by atoms with Gasteiger partial charge in [0, 0.05) is 6.04 Å². The van der Waals surface area contributed by atoms with Crippen LogP contribution in [0.2, 0.25) is 10.0 Å². The maximum atomic E-state index is 6.06. The molecule has 0 saturated carbocycles. The van der Waals surface area contributed by atoms with Crippen molar-refractivity contribution in [2.75, 3.05) is 0 Å². The van der Waals surface area contributed by atoms with Gasteiger partial charge in [0.15, 0.2) is 0 Å². The van der Waals surface area contributed by atoms with Gasteiger partial charge in [0.1, 0.15) is 0 Å². The van der Waals surface area contributed by atoms with Gasteiger partial charge in [-0.2, -0.15) is 0 Å². The Morgan fingerprint density at radius 3 is 2.75 bits per heavy atom. The number of nitrogens with two attached hydrogens (primary N) is 1. The normalized spacial score (nSPS) is 12.8. The van der Waals surface area contributed by atoms with E-state index >= 15 is 0 Å². The molecule has 1 heterocycles. The van der Waals surface area contributed by atoms with Gasteiger partial charge < -0.3 is 5.73 Å². The Balaban J connectivity index is 2.47. The lowest BCUT2D eigenvalue weighted by Crippen LogP contribution is -2.04. The van der Waals surface area contributed by atoms with Crippen LogP contribution < -0.4 is 5.73 Å². The summed E-state index contributed by atoms with van der Waals surface area (Å²) in [5.74, 6) is 0. The van der Waals surface area contributed by atoms with Crippen LogP contribution in [-0.4, -0.2) is 15.0 Å². The third-order valence-electron chi connectivity index (χ3n) is 2.16. The van der Waals surface area contributed by atoms with Gasteiger partial charge in [-0.1, -0.05) is 34.5 Å². The predicted molar refractivity (Wildman–Crippen MR) is 64.0 cm³/mol. The van der Waals surface area contributed by atoms with E-state index < -0.39 is 0 Å². The largest absolute Gasteiger partial charge is 0.323 e. The van der Waals surface area contributed by atoms with E-state index in [1.165, 1.54) is 0 Å². The summed E-state index contributed by atoms with van der Waals surface area (Å²) in [4.78, 5) is 0. The van der Waals surface area contributed by atoms with E-state index in [2.05, 4.69) is 10.3 Å². The summed E-state index contributed by atoms with van der Waals surface area (Å²) in [6, 6.07) is 5.17. The number of hydrogen-bond donors (Lipinski definition) is 1. The second kappa shape index (κ2) is 4.41. The minimum absolute atomic E-state index is 0.160. The minimum atomic E-state index is -0.160. The molecule has 0 fully saturated rings. The number of rotatable bonds is 2. The first-order chi connectivity index (χ1) is 7.59. The Labute approximate surface area is 103 Å². The highest BCUT2D eigenvalue weighted by atomic mass is 35.5. The molecule has 1 aromatic heterocycles. The number of benzene rings is 1. The average Bonchev–Trinajstić information content (AvgIpc) is 2.71. The zero-order valence-corrected chi connectivity index (χ0v) is 10.1. The second-order valence-corrected chi connectivity index (χ2v) is 4.23. The molecular formula is C10H10Cl2N4. The minimum Gasteiger partial charge on any atom is -0.323 e. The molecule has 2 rings (SSSR count). The molecule has 1 unspecified atom stereocenters. The lowest BCUT2D eigenvalue weighted by molar-refractivity contribution is 0.756. The van der Waals surface area contributed by atoms with Gasteiger partial charge in [0.25, 0.3) is 0 Å². The summed E-state index contributed by atoms with van der Waals surface area (Å²) in [6.07, 6.45) is 1.74. The van der Waals surface area contributed by atoms with Crippen molar-refractivity contribution in [2.45, 2.75) is 13.0 Å². The zero-order valence-electron chi connectivity index (χ0n) is 8.56. The van der Waals surface area contributed by atoms with Crippen molar-refractivity contribution in [2.24, 2.45) is 5.73 Å². The van der Waals surface area contributed by atoms with E-state index in [1.807, 2.05) is 13.0 Å². The van der Waals surface area contributed by atoms with E-state index in [0.29, 0.717) is 21.4 Å². The highest BCUT2D eigenvalue weighted by Crippen LogP contribution is 2.28. The van der Waals surface area contributed by atoms with Crippen LogP contribution in [0.1, 0.15) is 18.7 Å². The van der Waals surface area contributed by atoms with Crippen LogP contribution in [0.15, 0.2) is 24.4 Å². The Kier molecular flexibility index (Phi) is 3.14. The molecule has 1 atom stereocenters. The van der Waals surface area contributed by atoms with Gasteiger partial charge in [-0.3, -0.25) is 0 Å². The number of aromatic nitrogens is 3. The lowest BCUT2D eigenvalue weighted by atomic mass is 10.3. The molecule has 0 saturated heterocycles. The van der Waals surface area contributed by atoms with Crippen LogP contribution in [0.4, 0.5) is 0 Å². The quantitative estimate of drug-likeness (QED) is 0.899. The van der Waals surface area contributed by atoms with Gasteiger partial charge in [0.05, 0.1) is 27.6 Å². The maximum absolute atomic E-state index is 6.06. The van der Waals surface area contributed by atoms with E-state index in [9.17, 15) is 0 Å². The fourth-order valence-corrected chi connectivity index (χ4v) is 1.65. The Morgan fingerprint density at radius 2 is 2.12 bits per heavy atom. The van der Waals surface area contributed by atoms with Crippen LogP contribution in [0.3, 0.4) is 0 Å². The fraction of sp³-hybridized carbons (Fsp3) is 0.200. The van der Waals surface area contributed by atoms with Crippen molar-refractivity contribution in [3.8, 4) is 5.69 Å². The van der Waals surface area contributed by atoms with Crippen molar-refractivity contribution in [1.82, 2.24) is 15.0 Å². The Hall–Kier alpha value is -1.10. The van der Waals surface area contributed by atoms with Gasteiger partial charge >= 0.3 is 0 Å². The molecule has 0 spiro atoms. The first kappa shape index (κ1) is 11.4. The maximum Gasteiger partial charge on any atom is 0.0995 e. The molecule has 0 aliphatic carbocycles. The first-order valence-corrected chi connectivity index (χ1v) is 5.47. The lowest BCUT2D eigenvalue weighted by Gasteiger charge is -2.04. The summed E-state index contributed by atoms with van der Waals surface area (Å²) in [5, 5.41) is 8.83. The molecule has 0 bridgehead atoms. The summed E-state index contributed by atoms with van der Waals surface area (Å²) >= 11 is 12.0. The average molecular weight is 257 g/mol. The smallest absolute Gasteiger partial charge is 0.0995 e. The summed E-state index contributed by atoms with van der Waals surface area (Å²) in [6.45, 7) is 1.84. The monoisotopic (exact) mass is 256 g/mol. The fourth-order valence-electron chi connectivity index (χ4n) is 1.27. The third-order valence-corrected chi connectivity index (χ3v) is 2.96. The van der Waals surface area contributed by atoms with Gasteiger partial charge in [0.2, 0.25) is 0 Å². The second-order valence-electron chi connectivity index (χ2n) is 3.45. The van der Waals surface area contributed by atoms with Crippen LogP contribution in [0.5, 0.6) is 0 Å². The molecule has 1 aromatic carbocycles. The van der Waals surface area contributed by atoms with E-state index in [0.717, 1.165) is 0 Å². The molecule has 0 aliphatic heterocycles. The van der Waals surface area contributed by atoms with Crippen molar-refractivity contribution < 1.29 is 0 Å². The zero-order chi connectivity index (χ0) is 11.7. The summed E-state index contributed by atoms with van der Waals surface area (Å²) < 4.78 is 1.56. The van der Waals surface area contributed by atoms with Crippen LogP contribution >= 0.6 is 23.2 Å². The summed E-state index contributed by atoms with van der Waals surface area (Å²) in [5.41, 5.74) is 7.09. The van der Waals surface area contributed by atoms with Crippen molar-refractivity contribution in [3.63, 3.8) is 0 Å². The molecule has 2 aromatic rings. The molecule has 0 aliphatic rings. The molecule has 16 heavy (non-hydrogen) atoms. The van der Waals surface area contributed by atoms with Crippen molar-refractivity contribution in [1.29, 1.82) is 0 Å². The summed E-state index contributed by atoms with van der Waals surface area (Å²) in [7, 11) is 0. The van der Waals surface area contributed by atoms with Crippen LogP contribution in [0.25, 0.3) is 5.69 Å². The van der Waals surface area contributed by atoms with Crippen LogP contribution in [0, 0.1) is 0 Å². The number of hydrogen-bond acceptors (Lipinski definition) is 3. The first-order valence-electron chi connectivity index (χ1n) is 4.72. The third kappa shape index (κ3) is 2.04. The SMILES string of the molecule is CC(N)c1cn(-c2cccc(Cl)c2Cl)nn1. The van der Waals surface area contributed by atoms with E-state index in [4.69, 9.17) is 28.9 Å². The molecule has 4 nitrogen and oxygen atoms in total. The highest BCUT2D eigenvalue weighted by molar-refractivity contribution is 6.43. The predicted octanol–water partition coefficient (Wildman–Crippen LogP) is 2.59. The van der Waals surface area contributed by atoms with Gasteiger partial charge in [-0.25, -0.2) is 4.68 Å². The molecule has 0 radical (unpaired) electrons. The molecule has 6 heteroatoms. The highest BCUT2D eigenvalue weighted by Gasteiger charge is 2.10. The number of halogens is 2. The Bertz CT molecular complexity index is 507. The molecule has 84 valence electrons. The van der Waals surface area contributed by atoms with E-state index in [1.54, 1.807) is 23.0 Å². The Morgan fingerprint density at radius 1 is 1.38 bits per heavy atom. The van der Waals surface area contributed by atoms with Crippen LogP contribution in [-0.2, 0) is 0 Å². The number of nitrogens with zero attached hydrogens (tertiary/aromatic N) is 3. The standard InChI is InChI=1S/C10H10Cl2N4/c1-6(13)8-5-16(15-14-8)9-4-2-3-7(11)10(9)12/h2-6H,13H2,1H3. The van der Waals surface area contributed by atoms with Crippen molar-refractivity contribution >= 4 is 23.2 Å². The van der Waals surface area contributed by atoms with E-state index in [-0.39, 0.29) is 6.04 Å².